The van der Waals surface area contributed by atoms with Gasteiger partial charge in [-0.2, -0.15) is 4.98 Å². The van der Waals surface area contributed by atoms with E-state index in [0.29, 0.717) is 0 Å². The number of hydrogen-bond donors (Lipinski definition) is 1. The molecule has 1 fully saturated rings. The van der Waals surface area contributed by atoms with Crippen molar-refractivity contribution in [1.29, 1.82) is 0 Å². The molecule has 0 bridgehead atoms. The van der Waals surface area contributed by atoms with E-state index >= 15 is 0 Å². The molecule has 0 radical (unpaired) electrons. The smallest absolute Gasteiger partial charge is 0.244 e. The number of rotatable bonds is 3. The second-order valence-corrected chi connectivity index (χ2v) is 6.69. The molecule has 1 N–H and O–H groups in total. The summed E-state index contributed by atoms with van der Waals surface area (Å²) >= 11 is 0. The number of hydrogen-bond acceptors (Lipinski definition) is 4. The molecule has 1 aliphatic heterocycles. The quantitative estimate of drug-likeness (QED) is 0.939. The highest BCUT2D eigenvalue weighted by atomic mass is 16.5. The van der Waals surface area contributed by atoms with Crippen molar-refractivity contribution in [3.05, 3.63) is 47.1 Å². The van der Waals surface area contributed by atoms with Crippen molar-refractivity contribution >= 4 is 0 Å². The molecule has 4 heteroatoms. The van der Waals surface area contributed by atoms with E-state index in [-0.39, 0.29) is 11.5 Å². The Morgan fingerprint density at radius 3 is 2.76 bits per heavy atom. The fourth-order valence-corrected chi connectivity index (χ4v) is 2.98. The molecule has 4 nitrogen and oxygen atoms in total. The van der Waals surface area contributed by atoms with Gasteiger partial charge in [0.2, 0.25) is 5.89 Å². The van der Waals surface area contributed by atoms with E-state index in [2.05, 4.69) is 60.5 Å². The van der Waals surface area contributed by atoms with Gasteiger partial charge in [0.25, 0.3) is 0 Å². The molecule has 0 saturated carbocycles. The lowest BCUT2D eigenvalue weighted by molar-refractivity contribution is 0.146. The molecular weight excluding hydrogens is 262 g/mol. The van der Waals surface area contributed by atoms with Crippen molar-refractivity contribution in [1.82, 2.24) is 15.5 Å². The number of aryl methyl sites for hydroxylation is 1. The molecule has 1 unspecified atom stereocenters. The van der Waals surface area contributed by atoms with Crippen LogP contribution in [0.15, 0.2) is 28.8 Å². The van der Waals surface area contributed by atoms with E-state index in [1.807, 2.05) is 0 Å². The fraction of sp³-hybridized carbons (Fsp3) is 0.529. The van der Waals surface area contributed by atoms with Crippen molar-refractivity contribution in [2.75, 3.05) is 6.54 Å². The third kappa shape index (κ3) is 3.16. The highest BCUT2D eigenvalue weighted by molar-refractivity contribution is 5.23. The van der Waals surface area contributed by atoms with Gasteiger partial charge in [0.1, 0.15) is 0 Å². The SMILES string of the molecule is Cc1ccc(Cc2noc(C3NCCCC3(C)C)n2)cc1. The van der Waals surface area contributed by atoms with Crippen LogP contribution in [0.3, 0.4) is 0 Å². The Morgan fingerprint density at radius 2 is 2.05 bits per heavy atom. The standard InChI is InChI=1S/C17H23N3O/c1-12-5-7-13(8-6-12)11-14-19-16(21-20-14)15-17(2,3)9-4-10-18-15/h5-8,15,18H,4,9-11H2,1-3H3. The van der Waals surface area contributed by atoms with Gasteiger partial charge in [-0.05, 0) is 37.3 Å². The second-order valence-electron chi connectivity index (χ2n) is 6.69. The van der Waals surface area contributed by atoms with Crippen LogP contribution in [-0.4, -0.2) is 16.7 Å². The number of nitrogens with zero attached hydrogens (tertiary/aromatic N) is 2. The zero-order chi connectivity index (χ0) is 14.9. The normalized spacial score (nSPS) is 21.4. The molecule has 1 aliphatic rings. The molecule has 0 aliphatic carbocycles. The minimum Gasteiger partial charge on any atom is -0.338 e. The van der Waals surface area contributed by atoms with Gasteiger partial charge in [-0.15, -0.1) is 0 Å². The van der Waals surface area contributed by atoms with E-state index in [4.69, 9.17) is 4.52 Å². The van der Waals surface area contributed by atoms with Crippen LogP contribution in [0.1, 0.15) is 55.6 Å². The zero-order valence-corrected chi connectivity index (χ0v) is 13.0. The van der Waals surface area contributed by atoms with Crippen molar-refractivity contribution in [3.63, 3.8) is 0 Å². The number of nitrogens with one attached hydrogen (secondary N) is 1. The maximum absolute atomic E-state index is 5.51. The number of benzene rings is 1. The molecule has 0 amide bonds. The first-order valence-corrected chi connectivity index (χ1v) is 7.66. The Hall–Kier alpha value is -1.68. The highest BCUT2D eigenvalue weighted by Gasteiger charge is 2.36. The van der Waals surface area contributed by atoms with Crippen molar-refractivity contribution < 1.29 is 4.52 Å². The second kappa shape index (κ2) is 5.60. The van der Waals surface area contributed by atoms with Crippen LogP contribution in [0, 0.1) is 12.3 Å². The Labute approximate surface area is 126 Å². The monoisotopic (exact) mass is 285 g/mol. The summed E-state index contributed by atoms with van der Waals surface area (Å²) in [6.07, 6.45) is 3.10. The summed E-state index contributed by atoms with van der Waals surface area (Å²) in [5, 5.41) is 7.66. The highest BCUT2D eigenvalue weighted by Crippen LogP contribution is 2.39. The van der Waals surface area contributed by atoms with Crippen LogP contribution in [0.25, 0.3) is 0 Å². The van der Waals surface area contributed by atoms with Crippen molar-refractivity contribution in [2.45, 2.75) is 46.1 Å². The molecule has 0 spiro atoms. The Balaban J connectivity index is 1.75. The van der Waals surface area contributed by atoms with Gasteiger partial charge >= 0.3 is 0 Å². The van der Waals surface area contributed by atoms with Crippen LogP contribution in [0.5, 0.6) is 0 Å². The summed E-state index contributed by atoms with van der Waals surface area (Å²) in [6.45, 7) is 7.62. The summed E-state index contributed by atoms with van der Waals surface area (Å²) in [5.41, 5.74) is 2.64. The summed E-state index contributed by atoms with van der Waals surface area (Å²) in [4.78, 5) is 4.61. The van der Waals surface area contributed by atoms with Crippen LogP contribution in [0.4, 0.5) is 0 Å². The van der Waals surface area contributed by atoms with Gasteiger partial charge in [-0.1, -0.05) is 48.8 Å². The molecule has 112 valence electrons. The van der Waals surface area contributed by atoms with Gasteiger partial charge in [0, 0.05) is 6.42 Å². The Bertz CT molecular complexity index is 601. The third-order valence-corrected chi connectivity index (χ3v) is 4.34. The Kier molecular flexibility index (Phi) is 3.81. The average molecular weight is 285 g/mol. The topological polar surface area (TPSA) is 51.0 Å². The molecule has 21 heavy (non-hydrogen) atoms. The van der Waals surface area contributed by atoms with Gasteiger partial charge in [0.05, 0.1) is 6.04 Å². The largest absolute Gasteiger partial charge is 0.338 e. The first-order valence-electron chi connectivity index (χ1n) is 7.66. The van der Waals surface area contributed by atoms with Crippen molar-refractivity contribution in [3.8, 4) is 0 Å². The van der Waals surface area contributed by atoms with E-state index < -0.39 is 0 Å². The number of aromatic nitrogens is 2. The van der Waals surface area contributed by atoms with Gasteiger partial charge in [-0.3, -0.25) is 0 Å². The van der Waals surface area contributed by atoms with Gasteiger partial charge in [0.15, 0.2) is 5.82 Å². The Morgan fingerprint density at radius 1 is 1.29 bits per heavy atom. The fourth-order valence-electron chi connectivity index (χ4n) is 2.98. The summed E-state index contributed by atoms with van der Waals surface area (Å²) < 4.78 is 5.51. The summed E-state index contributed by atoms with van der Waals surface area (Å²) in [7, 11) is 0. The van der Waals surface area contributed by atoms with Gasteiger partial charge in [-0.25, -0.2) is 0 Å². The first kappa shape index (κ1) is 14.3. The summed E-state index contributed by atoms with van der Waals surface area (Å²) in [6, 6.07) is 8.62. The first-order chi connectivity index (χ1) is 10.0. The summed E-state index contributed by atoms with van der Waals surface area (Å²) in [5.74, 6) is 1.49. The lowest BCUT2D eigenvalue weighted by Gasteiger charge is -2.36. The van der Waals surface area contributed by atoms with Crippen molar-refractivity contribution in [2.24, 2.45) is 5.41 Å². The van der Waals surface area contributed by atoms with Crippen LogP contribution >= 0.6 is 0 Å². The molecule has 1 saturated heterocycles. The van der Waals surface area contributed by atoms with E-state index in [0.717, 1.165) is 24.7 Å². The molecule has 3 rings (SSSR count). The lowest BCUT2D eigenvalue weighted by atomic mass is 9.77. The molecule has 1 aromatic carbocycles. The maximum atomic E-state index is 5.51. The minimum absolute atomic E-state index is 0.158. The van der Waals surface area contributed by atoms with E-state index in [9.17, 15) is 0 Å². The van der Waals surface area contributed by atoms with Gasteiger partial charge < -0.3 is 9.84 Å². The molecule has 2 heterocycles. The minimum atomic E-state index is 0.158. The molecule has 1 aromatic heterocycles. The zero-order valence-electron chi connectivity index (χ0n) is 13.0. The number of piperidine rings is 1. The van der Waals surface area contributed by atoms with E-state index in [1.165, 1.54) is 24.0 Å². The lowest BCUT2D eigenvalue weighted by Crippen LogP contribution is -2.39. The predicted octanol–water partition coefficient (Wildman–Crippen LogP) is 3.42. The van der Waals surface area contributed by atoms with Crippen LogP contribution < -0.4 is 5.32 Å². The molecule has 1 atom stereocenters. The maximum Gasteiger partial charge on any atom is 0.244 e. The van der Waals surface area contributed by atoms with Crippen LogP contribution in [-0.2, 0) is 6.42 Å². The van der Waals surface area contributed by atoms with E-state index in [1.54, 1.807) is 0 Å². The van der Waals surface area contributed by atoms with Crippen LogP contribution in [0.2, 0.25) is 0 Å². The average Bonchev–Trinajstić information content (AvgIpc) is 2.89. The molecule has 2 aromatic rings. The predicted molar refractivity (Wildman–Crippen MR) is 82.0 cm³/mol. The molecular formula is C17H23N3O. The third-order valence-electron chi connectivity index (χ3n) is 4.34.